The molecule has 0 bridgehead atoms. The van der Waals surface area contributed by atoms with Crippen LogP contribution in [0.15, 0.2) is 48.5 Å². The third-order valence-electron chi connectivity index (χ3n) is 3.73. The standard InChI is InChI=1S/C21H25NO6/c1-15-5-4-6-19(13-15)26-12-11-22-20(23)14-27-21(24)16(2)28-18-9-7-17(25-3)8-10-18/h4-10,13,16H,11-12,14H2,1-3H3,(H,22,23). The van der Waals surface area contributed by atoms with Gasteiger partial charge < -0.3 is 24.3 Å². The molecule has 7 heteroatoms. The number of nitrogens with one attached hydrogen (secondary N) is 1. The second-order valence-electron chi connectivity index (χ2n) is 6.06. The summed E-state index contributed by atoms with van der Waals surface area (Å²) in [5.74, 6) is 0.902. The summed E-state index contributed by atoms with van der Waals surface area (Å²) in [5, 5.41) is 2.63. The number of hydrogen-bond donors (Lipinski definition) is 1. The van der Waals surface area contributed by atoms with E-state index in [-0.39, 0.29) is 6.61 Å². The lowest BCUT2D eigenvalue weighted by molar-refractivity contribution is -0.154. The first-order chi connectivity index (χ1) is 13.5. The van der Waals surface area contributed by atoms with Gasteiger partial charge in [-0.3, -0.25) is 4.79 Å². The molecule has 150 valence electrons. The zero-order valence-electron chi connectivity index (χ0n) is 16.3. The summed E-state index contributed by atoms with van der Waals surface area (Å²) in [5.41, 5.74) is 1.10. The molecule has 2 aromatic rings. The zero-order valence-corrected chi connectivity index (χ0v) is 16.3. The molecular weight excluding hydrogens is 362 g/mol. The van der Waals surface area contributed by atoms with Crippen LogP contribution >= 0.6 is 0 Å². The molecule has 0 aliphatic heterocycles. The van der Waals surface area contributed by atoms with Gasteiger partial charge in [0.1, 0.15) is 23.9 Å². The average molecular weight is 387 g/mol. The minimum atomic E-state index is -0.842. The van der Waals surface area contributed by atoms with Gasteiger partial charge in [-0.05, 0) is 55.8 Å². The molecular formula is C21H25NO6. The molecule has 28 heavy (non-hydrogen) atoms. The van der Waals surface area contributed by atoms with Crippen LogP contribution in [0, 0.1) is 6.92 Å². The Hall–Kier alpha value is -3.22. The predicted octanol–water partition coefficient (Wildman–Crippen LogP) is 2.51. The fourth-order valence-corrected chi connectivity index (χ4v) is 2.28. The molecule has 0 heterocycles. The number of ether oxygens (including phenoxy) is 4. The molecule has 0 aliphatic rings. The Kier molecular flexibility index (Phi) is 8.14. The van der Waals surface area contributed by atoms with Crippen LogP contribution in [0.3, 0.4) is 0 Å². The first-order valence-corrected chi connectivity index (χ1v) is 8.91. The van der Waals surface area contributed by atoms with Crippen LogP contribution in [0.4, 0.5) is 0 Å². The molecule has 1 atom stereocenters. The van der Waals surface area contributed by atoms with E-state index in [1.165, 1.54) is 0 Å². The predicted molar refractivity (Wildman–Crippen MR) is 104 cm³/mol. The number of carbonyl (C=O) groups is 2. The lowest BCUT2D eigenvalue weighted by Crippen LogP contribution is -2.34. The highest BCUT2D eigenvalue weighted by molar-refractivity contribution is 5.81. The van der Waals surface area contributed by atoms with E-state index < -0.39 is 18.0 Å². The van der Waals surface area contributed by atoms with Crippen LogP contribution < -0.4 is 19.5 Å². The minimum absolute atomic E-state index is 0.308. The van der Waals surface area contributed by atoms with E-state index in [9.17, 15) is 9.59 Å². The van der Waals surface area contributed by atoms with E-state index in [1.807, 2.05) is 31.2 Å². The van der Waals surface area contributed by atoms with Gasteiger partial charge in [0, 0.05) is 0 Å². The summed E-state index contributed by atoms with van der Waals surface area (Å²) in [7, 11) is 1.57. The minimum Gasteiger partial charge on any atom is -0.497 e. The van der Waals surface area contributed by atoms with Gasteiger partial charge in [-0.25, -0.2) is 4.79 Å². The van der Waals surface area contributed by atoms with Gasteiger partial charge in [0.25, 0.3) is 5.91 Å². The normalized spacial score (nSPS) is 11.2. The van der Waals surface area contributed by atoms with Crippen molar-refractivity contribution >= 4 is 11.9 Å². The van der Waals surface area contributed by atoms with Crippen molar-refractivity contribution in [2.24, 2.45) is 0 Å². The molecule has 0 saturated carbocycles. The number of amides is 1. The summed E-state index contributed by atoms with van der Waals surface area (Å²) >= 11 is 0. The van der Waals surface area contributed by atoms with Crippen LogP contribution in [0.25, 0.3) is 0 Å². The lowest BCUT2D eigenvalue weighted by atomic mass is 10.2. The fourth-order valence-electron chi connectivity index (χ4n) is 2.28. The van der Waals surface area contributed by atoms with Gasteiger partial charge in [-0.15, -0.1) is 0 Å². The highest BCUT2D eigenvalue weighted by Gasteiger charge is 2.17. The van der Waals surface area contributed by atoms with Crippen LogP contribution in [0.5, 0.6) is 17.2 Å². The quantitative estimate of drug-likeness (QED) is 0.498. The number of hydrogen-bond acceptors (Lipinski definition) is 6. The Balaban J connectivity index is 1.63. The number of benzene rings is 2. The van der Waals surface area contributed by atoms with Crippen LogP contribution in [-0.4, -0.2) is 44.8 Å². The van der Waals surface area contributed by atoms with Gasteiger partial charge >= 0.3 is 5.97 Å². The van der Waals surface area contributed by atoms with Crippen molar-refractivity contribution < 1.29 is 28.5 Å². The van der Waals surface area contributed by atoms with Crippen molar-refractivity contribution in [2.75, 3.05) is 26.9 Å². The summed E-state index contributed by atoms with van der Waals surface area (Å²) in [6, 6.07) is 14.4. The third kappa shape index (κ3) is 7.19. The number of aryl methyl sites for hydroxylation is 1. The number of rotatable bonds is 10. The second kappa shape index (κ2) is 10.8. The van der Waals surface area contributed by atoms with Crippen molar-refractivity contribution in [3.63, 3.8) is 0 Å². The molecule has 0 radical (unpaired) electrons. The van der Waals surface area contributed by atoms with E-state index in [4.69, 9.17) is 18.9 Å². The van der Waals surface area contributed by atoms with Gasteiger partial charge in [-0.2, -0.15) is 0 Å². The molecule has 0 spiro atoms. The second-order valence-corrected chi connectivity index (χ2v) is 6.06. The molecule has 1 N–H and O–H groups in total. The topological polar surface area (TPSA) is 83.1 Å². The summed E-state index contributed by atoms with van der Waals surface area (Å²) in [6.07, 6.45) is -0.842. The van der Waals surface area contributed by atoms with Gasteiger partial charge in [0.05, 0.1) is 13.7 Å². The highest BCUT2D eigenvalue weighted by Crippen LogP contribution is 2.18. The fraction of sp³-hybridized carbons (Fsp3) is 0.333. The summed E-state index contributed by atoms with van der Waals surface area (Å²) in [6.45, 7) is 3.78. The van der Waals surface area contributed by atoms with Crippen molar-refractivity contribution in [1.29, 1.82) is 0 Å². The van der Waals surface area contributed by atoms with E-state index in [0.717, 1.165) is 11.3 Å². The molecule has 1 amide bonds. The highest BCUT2D eigenvalue weighted by atomic mass is 16.6. The Labute approximate surface area is 164 Å². The Bertz CT molecular complexity index is 775. The number of carbonyl (C=O) groups excluding carboxylic acids is 2. The van der Waals surface area contributed by atoms with E-state index in [1.54, 1.807) is 38.3 Å². The molecule has 2 aromatic carbocycles. The monoisotopic (exact) mass is 387 g/mol. The lowest BCUT2D eigenvalue weighted by Gasteiger charge is -2.14. The Morgan fingerprint density at radius 1 is 1.04 bits per heavy atom. The van der Waals surface area contributed by atoms with Gasteiger partial charge in [-0.1, -0.05) is 12.1 Å². The van der Waals surface area contributed by atoms with E-state index in [0.29, 0.717) is 24.7 Å². The first-order valence-electron chi connectivity index (χ1n) is 8.91. The van der Waals surface area contributed by atoms with Gasteiger partial charge in [0.15, 0.2) is 12.7 Å². The summed E-state index contributed by atoms with van der Waals surface area (Å²) in [4.78, 5) is 23.7. The SMILES string of the molecule is COc1ccc(OC(C)C(=O)OCC(=O)NCCOc2cccc(C)c2)cc1. The van der Waals surface area contributed by atoms with Gasteiger partial charge in [0.2, 0.25) is 0 Å². The first kappa shape index (κ1) is 21.1. The third-order valence-corrected chi connectivity index (χ3v) is 3.73. The molecule has 0 fully saturated rings. The zero-order chi connectivity index (χ0) is 20.4. The van der Waals surface area contributed by atoms with Crippen molar-refractivity contribution in [3.8, 4) is 17.2 Å². The number of methoxy groups -OCH3 is 1. The van der Waals surface area contributed by atoms with Crippen molar-refractivity contribution in [2.45, 2.75) is 20.0 Å². The molecule has 1 unspecified atom stereocenters. The van der Waals surface area contributed by atoms with Crippen molar-refractivity contribution in [3.05, 3.63) is 54.1 Å². The van der Waals surface area contributed by atoms with E-state index in [2.05, 4.69) is 5.32 Å². The largest absolute Gasteiger partial charge is 0.497 e. The van der Waals surface area contributed by atoms with E-state index >= 15 is 0 Å². The maximum Gasteiger partial charge on any atom is 0.347 e. The Morgan fingerprint density at radius 2 is 1.75 bits per heavy atom. The van der Waals surface area contributed by atoms with Crippen LogP contribution in [0.2, 0.25) is 0 Å². The van der Waals surface area contributed by atoms with Crippen LogP contribution in [-0.2, 0) is 14.3 Å². The maximum absolute atomic E-state index is 11.9. The number of esters is 1. The molecule has 0 aromatic heterocycles. The molecule has 2 rings (SSSR count). The smallest absolute Gasteiger partial charge is 0.347 e. The Morgan fingerprint density at radius 3 is 2.43 bits per heavy atom. The molecule has 7 nitrogen and oxygen atoms in total. The van der Waals surface area contributed by atoms with Crippen LogP contribution in [0.1, 0.15) is 12.5 Å². The molecule has 0 saturated heterocycles. The summed E-state index contributed by atoms with van der Waals surface area (Å²) < 4.78 is 21.0. The van der Waals surface area contributed by atoms with Crippen molar-refractivity contribution in [1.82, 2.24) is 5.32 Å². The molecule has 0 aliphatic carbocycles. The maximum atomic E-state index is 11.9. The average Bonchev–Trinajstić information content (AvgIpc) is 2.70.